The molecule has 112 valence electrons. The first-order chi connectivity index (χ1) is 9.86. The lowest BCUT2D eigenvalue weighted by Gasteiger charge is -2.31. The van der Waals surface area contributed by atoms with Crippen molar-refractivity contribution in [3.05, 3.63) is 5.82 Å². The SMILES string of the molecule is CNCC1CCCN(c2n[nH]c(C3COCCO3)n2)C1. The van der Waals surface area contributed by atoms with Crippen LogP contribution in [0.25, 0.3) is 0 Å². The molecule has 1 aromatic heterocycles. The van der Waals surface area contributed by atoms with Crippen LogP contribution < -0.4 is 10.2 Å². The average Bonchev–Trinajstić information content (AvgIpc) is 2.99. The Labute approximate surface area is 119 Å². The molecule has 0 spiro atoms. The Morgan fingerprint density at radius 3 is 3.20 bits per heavy atom. The van der Waals surface area contributed by atoms with Crippen LogP contribution in [0, 0.1) is 5.92 Å². The van der Waals surface area contributed by atoms with Crippen LogP contribution in [0.2, 0.25) is 0 Å². The van der Waals surface area contributed by atoms with Crippen LogP contribution in [0.1, 0.15) is 24.8 Å². The van der Waals surface area contributed by atoms with Crippen molar-refractivity contribution < 1.29 is 9.47 Å². The molecule has 3 rings (SSSR count). The van der Waals surface area contributed by atoms with Gasteiger partial charge in [0, 0.05) is 13.1 Å². The number of hydrogen-bond acceptors (Lipinski definition) is 6. The van der Waals surface area contributed by atoms with Gasteiger partial charge < -0.3 is 19.7 Å². The van der Waals surface area contributed by atoms with Gasteiger partial charge in [-0.25, -0.2) is 0 Å². The van der Waals surface area contributed by atoms with Gasteiger partial charge in [0.2, 0.25) is 5.95 Å². The third kappa shape index (κ3) is 3.11. The summed E-state index contributed by atoms with van der Waals surface area (Å²) in [6.45, 7) is 4.92. The number of nitrogens with one attached hydrogen (secondary N) is 2. The summed E-state index contributed by atoms with van der Waals surface area (Å²) in [5, 5.41) is 10.6. The number of piperidine rings is 1. The fourth-order valence-electron chi connectivity index (χ4n) is 2.90. The molecule has 7 nitrogen and oxygen atoms in total. The minimum absolute atomic E-state index is 0.108. The molecular formula is C13H23N5O2. The molecule has 0 radical (unpaired) electrons. The standard InChI is InChI=1S/C13H23N5O2/c1-14-7-10-3-2-4-18(8-10)13-15-12(16-17-13)11-9-19-5-6-20-11/h10-11,14H,2-9H2,1H3,(H,15,16,17). The lowest BCUT2D eigenvalue weighted by atomic mass is 9.98. The fraction of sp³-hybridized carbons (Fsp3) is 0.846. The van der Waals surface area contributed by atoms with Crippen LogP contribution in [-0.2, 0) is 9.47 Å². The van der Waals surface area contributed by atoms with Crippen molar-refractivity contribution >= 4 is 5.95 Å². The number of aromatic nitrogens is 3. The maximum atomic E-state index is 5.64. The molecule has 2 aliphatic rings. The van der Waals surface area contributed by atoms with Gasteiger partial charge in [0.05, 0.1) is 19.8 Å². The molecule has 2 atom stereocenters. The van der Waals surface area contributed by atoms with Crippen molar-refractivity contribution in [3.8, 4) is 0 Å². The Bertz CT molecular complexity index is 417. The number of ether oxygens (including phenoxy) is 2. The van der Waals surface area contributed by atoms with E-state index in [0.29, 0.717) is 25.7 Å². The molecule has 0 saturated carbocycles. The molecule has 7 heteroatoms. The largest absolute Gasteiger partial charge is 0.376 e. The van der Waals surface area contributed by atoms with Crippen LogP contribution in [-0.4, -0.2) is 61.7 Å². The number of rotatable bonds is 4. The molecule has 2 N–H and O–H groups in total. The zero-order valence-electron chi connectivity index (χ0n) is 12.0. The van der Waals surface area contributed by atoms with Gasteiger partial charge in [-0.3, -0.25) is 5.10 Å². The zero-order chi connectivity index (χ0) is 13.8. The summed E-state index contributed by atoms with van der Waals surface area (Å²) in [6, 6.07) is 0. The van der Waals surface area contributed by atoms with Crippen LogP contribution in [0.4, 0.5) is 5.95 Å². The van der Waals surface area contributed by atoms with E-state index >= 15 is 0 Å². The first-order valence-corrected chi connectivity index (χ1v) is 7.38. The van der Waals surface area contributed by atoms with Crippen molar-refractivity contribution in [2.45, 2.75) is 18.9 Å². The van der Waals surface area contributed by atoms with Crippen LogP contribution in [0.5, 0.6) is 0 Å². The Morgan fingerprint density at radius 1 is 1.45 bits per heavy atom. The second-order valence-corrected chi connectivity index (χ2v) is 5.47. The monoisotopic (exact) mass is 281 g/mol. The van der Waals surface area contributed by atoms with Gasteiger partial charge in [0.1, 0.15) is 6.10 Å². The highest BCUT2D eigenvalue weighted by atomic mass is 16.6. The molecule has 2 saturated heterocycles. The molecule has 3 heterocycles. The summed E-state index contributed by atoms with van der Waals surface area (Å²) < 4.78 is 11.0. The molecule has 1 aromatic rings. The topological polar surface area (TPSA) is 75.3 Å². The van der Waals surface area contributed by atoms with Gasteiger partial charge in [-0.15, -0.1) is 5.10 Å². The van der Waals surface area contributed by atoms with Crippen molar-refractivity contribution in [3.63, 3.8) is 0 Å². The third-order valence-corrected chi connectivity index (χ3v) is 3.91. The highest BCUT2D eigenvalue weighted by Gasteiger charge is 2.25. The lowest BCUT2D eigenvalue weighted by molar-refractivity contribution is -0.0933. The predicted octanol–water partition coefficient (Wildman–Crippen LogP) is 0.328. The summed E-state index contributed by atoms with van der Waals surface area (Å²) in [5.74, 6) is 2.23. The molecule has 2 fully saturated rings. The van der Waals surface area contributed by atoms with E-state index in [1.165, 1.54) is 12.8 Å². The van der Waals surface area contributed by atoms with Gasteiger partial charge in [0.15, 0.2) is 5.82 Å². The molecular weight excluding hydrogens is 258 g/mol. The number of hydrogen-bond donors (Lipinski definition) is 2. The quantitative estimate of drug-likeness (QED) is 0.828. The van der Waals surface area contributed by atoms with E-state index in [9.17, 15) is 0 Å². The van der Waals surface area contributed by atoms with Gasteiger partial charge in [-0.2, -0.15) is 4.98 Å². The zero-order valence-corrected chi connectivity index (χ0v) is 12.0. The number of H-pyrrole nitrogens is 1. The summed E-state index contributed by atoms with van der Waals surface area (Å²) >= 11 is 0. The van der Waals surface area contributed by atoms with Gasteiger partial charge >= 0.3 is 0 Å². The Morgan fingerprint density at radius 2 is 2.40 bits per heavy atom. The van der Waals surface area contributed by atoms with E-state index in [4.69, 9.17) is 9.47 Å². The summed E-state index contributed by atoms with van der Waals surface area (Å²) in [7, 11) is 2.00. The molecule has 0 amide bonds. The van der Waals surface area contributed by atoms with Crippen LogP contribution in [0.3, 0.4) is 0 Å². The minimum atomic E-state index is -0.108. The molecule has 20 heavy (non-hydrogen) atoms. The maximum Gasteiger partial charge on any atom is 0.244 e. The Balaban J connectivity index is 1.63. The Hall–Kier alpha value is -1.18. The summed E-state index contributed by atoms with van der Waals surface area (Å²) in [6.07, 6.45) is 2.36. The first-order valence-electron chi connectivity index (χ1n) is 7.38. The molecule has 2 aliphatic heterocycles. The van der Waals surface area contributed by atoms with Crippen molar-refractivity contribution in [2.24, 2.45) is 5.92 Å². The molecule has 2 unspecified atom stereocenters. The van der Waals surface area contributed by atoms with Gasteiger partial charge in [-0.1, -0.05) is 0 Å². The fourth-order valence-corrected chi connectivity index (χ4v) is 2.90. The van der Waals surface area contributed by atoms with E-state index in [-0.39, 0.29) is 6.10 Å². The molecule has 0 aromatic carbocycles. The van der Waals surface area contributed by atoms with E-state index in [2.05, 4.69) is 25.4 Å². The van der Waals surface area contributed by atoms with E-state index in [1.54, 1.807) is 0 Å². The molecule has 0 bridgehead atoms. The third-order valence-electron chi connectivity index (χ3n) is 3.91. The minimum Gasteiger partial charge on any atom is -0.376 e. The van der Waals surface area contributed by atoms with E-state index in [0.717, 1.165) is 31.4 Å². The predicted molar refractivity (Wildman–Crippen MR) is 74.8 cm³/mol. The van der Waals surface area contributed by atoms with Crippen molar-refractivity contribution in [2.75, 3.05) is 51.4 Å². The van der Waals surface area contributed by atoms with Gasteiger partial charge in [0.25, 0.3) is 0 Å². The van der Waals surface area contributed by atoms with E-state index < -0.39 is 0 Å². The molecule has 0 aliphatic carbocycles. The average molecular weight is 281 g/mol. The number of nitrogens with zero attached hydrogens (tertiary/aromatic N) is 3. The smallest absolute Gasteiger partial charge is 0.244 e. The van der Waals surface area contributed by atoms with Crippen molar-refractivity contribution in [1.82, 2.24) is 20.5 Å². The first kappa shape index (κ1) is 13.8. The van der Waals surface area contributed by atoms with E-state index in [1.807, 2.05) is 7.05 Å². The summed E-state index contributed by atoms with van der Waals surface area (Å²) in [4.78, 5) is 6.85. The number of anilines is 1. The van der Waals surface area contributed by atoms with Crippen LogP contribution in [0.15, 0.2) is 0 Å². The second kappa shape index (κ2) is 6.51. The Kier molecular flexibility index (Phi) is 4.49. The lowest BCUT2D eigenvalue weighted by Crippen LogP contribution is -2.39. The highest BCUT2D eigenvalue weighted by molar-refractivity contribution is 5.30. The van der Waals surface area contributed by atoms with Crippen LogP contribution >= 0.6 is 0 Å². The van der Waals surface area contributed by atoms with Crippen molar-refractivity contribution in [1.29, 1.82) is 0 Å². The number of aromatic amines is 1. The highest BCUT2D eigenvalue weighted by Crippen LogP contribution is 2.23. The normalized spacial score (nSPS) is 27.8. The van der Waals surface area contributed by atoms with Gasteiger partial charge in [-0.05, 0) is 32.4 Å². The second-order valence-electron chi connectivity index (χ2n) is 5.47. The maximum absolute atomic E-state index is 5.64. The summed E-state index contributed by atoms with van der Waals surface area (Å²) in [5.41, 5.74) is 0.